The Morgan fingerprint density at radius 1 is 1.18 bits per heavy atom. The molecule has 4 rings (SSSR count). The molecule has 2 heterocycles. The fourth-order valence-electron chi connectivity index (χ4n) is 3.51. The van der Waals surface area contributed by atoms with Gasteiger partial charge in [-0.3, -0.25) is 4.79 Å². The van der Waals surface area contributed by atoms with Crippen molar-refractivity contribution < 1.29 is 22.7 Å². The molecule has 3 aromatic rings. The summed E-state index contributed by atoms with van der Waals surface area (Å²) in [6, 6.07) is 11.9. The van der Waals surface area contributed by atoms with Crippen LogP contribution in [-0.4, -0.2) is 62.7 Å². The van der Waals surface area contributed by atoms with Crippen molar-refractivity contribution in [1.29, 1.82) is 0 Å². The van der Waals surface area contributed by atoms with Gasteiger partial charge in [0.05, 0.1) is 34.9 Å². The van der Waals surface area contributed by atoms with Crippen LogP contribution in [-0.2, 0) is 26.0 Å². The van der Waals surface area contributed by atoms with Crippen LogP contribution in [0.5, 0.6) is 0 Å². The molecular weight excluding hydrogens is 530 g/mol. The highest BCUT2D eigenvalue weighted by Gasteiger charge is 2.26. The van der Waals surface area contributed by atoms with E-state index in [-0.39, 0.29) is 4.90 Å². The smallest absolute Gasteiger partial charge is 0.279 e. The highest BCUT2D eigenvalue weighted by atomic mass is 79.9. The van der Waals surface area contributed by atoms with Gasteiger partial charge < -0.3 is 14.0 Å². The van der Waals surface area contributed by atoms with E-state index < -0.39 is 15.9 Å². The molecule has 0 aliphatic carbocycles. The lowest BCUT2D eigenvalue weighted by molar-refractivity contribution is 0.0730. The predicted molar refractivity (Wildman–Crippen MR) is 130 cm³/mol. The number of ether oxygens (including phenoxy) is 2. The van der Waals surface area contributed by atoms with Crippen molar-refractivity contribution in [3.05, 3.63) is 57.3 Å². The first kappa shape index (κ1) is 24.2. The summed E-state index contributed by atoms with van der Waals surface area (Å²) < 4.78 is 41.6. The SMILES string of the molecule is CCOCCn1c(=NC(=O)c2ccc(S(=O)(=O)N3CCOCC3)cc2)sc2cc(Br)ccc21. The Bertz CT molecular complexity index is 1310. The molecule has 0 atom stereocenters. The Morgan fingerprint density at radius 3 is 2.61 bits per heavy atom. The molecule has 1 amide bonds. The standard InChI is InChI=1S/C22H24BrN3O5S2/c1-2-30-14-11-26-19-8-5-17(23)15-20(19)32-22(26)24-21(27)16-3-6-18(7-4-16)33(28,29)25-9-12-31-13-10-25/h3-8,15H,2,9-14H2,1H3. The number of thiazole rings is 1. The minimum atomic E-state index is -3.61. The second-order valence-electron chi connectivity index (χ2n) is 7.30. The Hall–Kier alpha value is -1.89. The number of morpholine rings is 1. The zero-order valence-electron chi connectivity index (χ0n) is 18.1. The van der Waals surface area contributed by atoms with Crippen molar-refractivity contribution >= 4 is 53.4 Å². The number of carbonyl (C=O) groups excluding carboxylic acids is 1. The number of halogens is 1. The number of carbonyl (C=O) groups is 1. The molecule has 0 bridgehead atoms. The normalized spacial score (nSPS) is 15.9. The van der Waals surface area contributed by atoms with Crippen molar-refractivity contribution in [2.75, 3.05) is 39.5 Å². The van der Waals surface area contributed by atoms with E-state index in [1.54, 1.807) is 0 Å². The van der Waals surface area contributed by atoms with E-state index in [9.17, 15) is 13.2 Å². The van der Waals surface area contributed by atoms with E-state index in [0.717, 1.165) is 14.7 Å². The Balaban J connectivity index is 1.63. The Morgan fingerprint density at radius 2 is 1.91 bits per heavy atom. The molecule has 0 radical (unpaired) electrons. The number of nitrogens with zero attached hydrogens (tertiary/aromatic N) is 3. The van der Waals surface area contributed by atoms with E-state index in [1.807, 2.05) is 29.7 Å². The molecule has 0 unspecified atom stereocenters. The van der Waals surface area contributed by atoms with E-state index in [4.69, 9.17) is 9.47 Å². The van der Waals surface area contributed by atoms with Gasteiger partial charge in [0, 0.05) is 36.3 Å². The third kappa shape index (κ3) is 5.44. The molecule has 0 saturated carbocycles. The van der Waals surface area contributed by atoms with Gasteiger partial charge in [-0.25, -0.2) is 8.42 Å². The molecule has 1 aromatic heterocycles. The van der Waals surface area contributed by atoms with Crippen LogP contribution >= 0.6 is 27.3 Å². The Kier molecular flexibility index (Phi) is 7.77. The van der Waals surface area contributed by atoms with Gasteiger partial charge in [0.15, 0.2) is 4.80 Å². The molecule has 1 aliphatic heterocycles. The highest BCUT2D eigenvalue weighted by Crippen LogP contribution is 2.23. The summed E-state index contributed by atoms with van der Waals surface area (Å²) in [5, 5.41) is 0. The lowest BCUT2D eigenvalue weighted by Crippen LogP contribution is -2.40. The largest absolute Gasteiger partial charge is 0.380 e. The van der Waals surface area contributed by atoms with Crippen LogP contribution in [0.1, 0.15) is 17.3 Å². The maximum Gasteiger partial charge on any atom is 0.279 e. The summed E-state index contributed by atoms with van der Waals surface area (Å²) in [5.41, 5.74) is 1.30. The minimum absolute atomic E-state index is 0.152. The lowest BCUT2D eigenvalue weighted by atomic mass is 10.2. The molecular formula is C22H24BrN3O5S2. The van der Waals surface area contributed by atoms with Crippen molar-refractivity contribution in [1.82, 2.24) is 8.87 Å². The summed E-state index contributed by atoms with van der Waals surface area (Å²) in [4.78, 5) is 18.0. The number of aromatic nitrogens is 1. The molecule has 2 aromatic carbocycles. The average molecular weight is 554 g/mol. The maximum atomic E-state index is 12.9. The van der Waals surface area contributed by atoms with Crippen LogP contribution < -0.4 is 4.80 Å². The number of rotatable bonds is 7. The van der Waals surface area contributed by atoms with Crippen LogP contribution in [0.4, 0.5) is 0 Å². The van der Waals surface area contributed by atoms with Crippen LogP contribution in [0.2, 0.25) is 0 Å². The quantitative estimate of drug-likeness (QED) is 0.419. The van der Waals surface area contributed by atoms with Crippen molar-refractivity contribution in [3.63, 3.8) is 0 Å². The van der Waals surface area contributed by atoms with Crippen molar-refractivity contribution in [2.24, 2.45) is 4.99 Å². The fraction of sp³-hybridized carbons (Fsp3) is 0.364. The molecule has 11 heteroatoms. The van der Waals surface area contributed by atoms with Crippen LogP contribution in [0, 0.1) is 0 Å². The highest BCUT2D eigenvalue weighted by molar-refractivity contribution is 9.10. The van der Waals surface area contributed by atoms with Gasteiger partial charge in [-0.2, -0.15) is 9.30 Å². The molecule has 1 saturated heterocycles. The average Bonchev–Trinajstić information content (AvgIpc) is 3.15. The summed E-state index contributed by atoms with van der Waals surface area (Å²) in [6.07, 6.45) is 0. The van der Waals surface area contributed by atoms with E-state index >= 15 is 0 Å². The minimum Gasteiger partial charge on any atom is -0.380 e. The van der Waals surface area contributed by atoms with Gasteiger partial charge in [0.2, 0.25) is 10.0 Å². The number of amides is 1. The number of benzene rings is 2. The zero-order valence-corrected chi connectivity index (χ0v) is 21.3. The monoisotopic (exact) mass is 553 g/mol. The lowest BCUT2D eigenvalue weighted by Gasteiger charge is -2.26. The zero-order chi connectivity index (χ0) is 23.4. The van der Waals surface area contributed by atoms with E-state index in [2.05, 4.69) is 20.9 Å². The molecule has 0 N–H and O–H groups in total. The number of fused-ring (bicyclic) bond motifs is 1. The molecule has 0 spiro atoms. The van der Waals surface area contributed by atoms with Gasteiger partial charge in [-0.1, -0.05) is 27.3 Å². The second-order valence-corrected chi connectivity index (χ2v) is 11.2. The maximum absolute atomic E-state index is 12.9. The number of sulfonamides is 1. The number of hydrogen-bond donors (Lipinski definition) is 0. The van der Waals surface area contributed by atoms with E-state index in [1.165, 1.54) is 39.9 Å². The van der Waals surface area contributed by atoms with E-state index in [0.29, 0.717) is 56.4 Å². The van der Waals surface area contributed by atoms with Crippen molar-refractivity contribution in [2.45, 2.75) is 18.4 Å². The van der Waals surface area contributed by atoms with Crippen LogP contribution in [0.25, 0.3) is 10.2 Å². The fourth-order valence-corrected chi connectivity index (χ4v) is 6.52. The van der Waals surface area contributed by atoms with Crippen molar-refractivity contribution in [3.8, 4) is 0 Å². The summed E-state index contributed by atoms with van der Waals surface area (Å²) in [5.74, 6) is -0.430. The predicted octanol–water partition coefficient (Wildman–Crippen LogP) is 3.26. The summed E-state index contributed by atoms with van der Waals surface area (Å²) in [6.45, 7) is 5.02. The third-order valence-corrected chi connectivity index (χ3v) is 8.66. The van der Waals surface area contributed by atoms with Gasteiger partial charge >= 0.3 is 0 Å². The first-order valence-corrected chi connectivity index (χ1v) is 13.6. The first-order chi connectivity index (χ1) is 15.9. The molecule has 33 heavy (non-hydrogen) atoms. The summed E-state index contributed by atoms with van der Waals surface area (Å²) in [7, 11) is -3.61. The van der Waals surface area contributed by atoms with Gasteiger partial charge in [-0.05, 0) is 49.4 Å². The third-order valence-electron chi connectivity index (χ3n) is 5.21. The van der Waals surface area contributed by atoms with Crippen LogP contribution in [0.3, 0.4) is 0 Å². The van der Waals surface area contributed by atoms with Gasteiger partial charge in [0.25, 0.3) is 5.91 Å². The Labute approximate surface area is 204 Å². The first-order valence-electron chi connectivity index (χ1n) is 10.5. The topological polar surface area (TPSA) is 90.2 Å². The van der Waals surface area contributed by atoms with Gasteiger partial charge in [0.1, 0.15) is 0 Å². The number of hydrogen-bond acceptors (Lipinski definition) is 6. The molecule has 1 fully saturated rings. The van der Waals surface area contributed by atoms with Crippen LogP contribution in [0.15, 0.2) is 56.8 Å². The molecule has 8 nitrogen and oxygen atoms in total. The molecule has 176 valence electrons. The van der Waals surface area contributed by atoms with Gasteiger partial charge in [-0.15, -0.1) is 0 Å². The molecule has 1 aliphatic rings. The second kappa shape index (κ2) is 10.6. The summed E-state index contributed by atoms with van der Waals surface area (Å²) >= 11 is 4.91.